The number of halogens is 2. The molecule has 4 heteroatoms. The van der Waals surface area contributed by atoms with E-state index in [4.69, 9.17) is 23.2 Å². The second-order valence-electron chi connectivity index (χ2n) is 5.23. The maximum Gasteiger partial charge on any atom is 0.248 e. The van der Waals surface area contributed by atoms with Crippen LogP contribution in [0.4, 0.5) is 5.69 Å². The number of hydrogen-bond donors (Lipinski definition) is 1. The van der Waals surface area contributed by atoms with Crippen molar-refractivity contribution in [3.05, 3.63) is 68.7 Å². The average Bonchev–Trinajstić information content (AvgIpc) is 2.42. The second kappa shape index (κ2) is 6.99. The first kappa shape index (κ1) is 16.6. The minimum atomic E-state index is -0.217. The van der Waals surface area contributed by atoms with Crippen molar-refractivity contribution in [3.8, 4) is 0 Å². The van der Waals surface area contributed by atoms with Crippen LogP contribution in [0.5, 0.6) is 0 Å². The van der Waals surface area contributed by atoms with Crippen LogP contribution >= 0.6 is 23.2 Å². The van der Waals surface area contributed by atoms with Gasteiger partial charge in [0.05, 0.1) is 0 Å². The van der Waals surface area contributed by atoms with Gasteiger partial charge in [-0.25, -0.2) is 0 Å². The molecule has 22 heavy (non-hydrogen) atoms. The SMILES string of the molecule is Cc1cc(C)c(NC(=O)C=Cc2c(Cl)cccc2Cl)c(C)c1. The number of rotatable bonds is 3. The number of carbonyl (C=O) groups excluding carboxylic acids is 1. The van der Waals surface area contributed by atoms with Gasteiger partial charge in [-0.15, -0.1) is 0 Å². The highest BCUT2D eigenvalue weighted by atomic mass is 35.5. The highest BCUT2D eigenvalue weighted by molar-refractivity contribution is 6.37. The first-order valence-corrected chi connectivity index (χ1v) is 7.65. The van der Waals surface area contributed by atoms with Crippen LogP contribution in [0.1, 0.15) is 22.3 Å². The molecule has 0 saturated carbocycles. The largest absolute Gasteiger partial charge is 0.322 e. The van der Waals surface area contributed by atoms with E-state index in [-0.39, 0.29) is 5.91 Å². The van der Waals surface area contributed by atoms with Gasteiger partial charge in [-0.05, 0) is 50.1 Å². The molecule has 0 heterocycles. The Bertz CT molecular complexity index is 707. The van der Waals surface area contributed by atoms with Gasteiger partial charge in [0.15, 0.2) is 0 Å². The van der Waals surface area contributed by atoms with E-state index in [1.807, 2.05) is 32.9 Å². The Hall–Kier alpha value is -1.77. The quantitative estimate of drug-likeness (QED) is 0.731. The van der Waals surface area contributed by atoms with E-state index in [0.717, 1.165) is 16.8 Å². The molecule has 0 aromatic heterocycles. The van der Waals surface area contributed by atoms with E-state index in [9.17, 15) is 4.79 Å². The van der Waals surface area contributed by atoms with Gasteiger partial charge in [0.2, 0.25) is 5.91 Å². The number of benzene rings is 2. The van der Waals surface area contributed by atoms with Gasteiger partial charge >= 0.3 is 0 Å². The molecule has 0 unspecified atom stereocenters. The fraction of sp³-hybridized carbons (Fsp3) is 0.167. The van der Waals surface area contributed by atoms with Crippen molar-refractivity contribution in [3.63, 3.8) is 0 Å². The summed E-state index contributed by atoms with van der Waals surface area (Å²) >= 11 is 12.1. The number of carbonyl (C=O) groups is 1. The van der Waals surface area contributed by atoms with Crippen molar-refractivity contribution in [2.24, 2.45) is 0 Å². The molecule has 1 amide bonds. The normalized spacial score (nSPS) is 11.0. The standard InChI is InChI=1S/C18H17Cl2NO/c1-11-9-12(2)18(13(3)10-11)21-17(22)8-7-14-15(19)5-4-6-16(14)20/h4-10H,1-3H3,(H,21,22). The Kier molecular flexibility index (Phi) is 5.28. The molecular weight excluding hydrogens is 317 g/mol. The zero-order valence-electron chi connectivity index (χ0n) is 12.7. The molecule has 0 atom stereocenters. The van der Waals surface area contributed by atoms with E-state index >= 15 is 0 Å². The van der Waals surface area contributed by atoms with Crippen LogP contribution in [-0.2, 0) is 4.79 Å². The molecule has 2 aromatic carbocycles. The van der Waals surface area contributed by atoms with Gasteiger partial charge in [-0.2, -0.15) is 0 Å². The maximum atomic E-state index is 12.1. The van der Waals surface area contributed by atoms with Gasteiger partial charge < -0.3 is 5.32 Å². The number of amides is 1. The molecule has 0 radical (unpaired) electrons. The average molecular weight is 334 g/mol. The van der Waals surface area contributed by atoms with Crippen molar-refractivity contribution in [2.45, 2.75) is 20.8 Å². The Morgan fingerprint density at radius 1 is 1.05 bits per heavy atom. The molecule has 0 fully saturated rings. The van der Waals surface area contributed by atoms with E-state index < -0.39 is 0 Å². The number of nitrogens with one attached hydrogen (secondary N) is 1. The highest BCUT2D eigenvalue weighted by Crippen LogP contribution is 2.26. The first-order chi connectivity index (χ1) is 10.4. The van der Waals surface area contributed by atoms with Crippen molar-refractivity contribution < 1.29 is 4.79 Å². The summed E-state index contributed by atoms with van der Waals surface area (Å²) in [7, 11) is 0. The molecule has 1 N–H and O–H groups in total. The maximum absolute atomic E-state index is 12.1. The summed E-state index contributed by atoms with van der Waals surface area (Å²) in [5, 5.41) is 3.93. The molecule has 114 valence electrons. The van der Waals surface area contributed by atoms with Gasteiger partial charge in [0, 0.05) is 27.4 Å². The van der Waals surface area contributed by atoms with E-state index in [1.54, 1.807) is 24.3 Å². The van der Waals surface area contributed by atoms with Gasteiger partial charge in [0.25, 0.3) is 0 Å². The Labute approximate surface area is 140 Å². The summed E-state index contributed by atoms with van der Waals surface area (Å²) in [4.78, 5) is 12.1. The lowest BCUT2D eigenvalue weighted by Crippen LogP contribution is -2.10. The van der Waals surface area contributed by atoms with Crippen LogP contribution in [-0.4, -0.2) is 5.91 Å². The fourth-order valence-corrected chi connectivity index (χ4v) is 2.89. The van der Waals surface area contributed by atoms with Gasteiger partial charge in [0.1, 0.15) is 0 Å². The summed E-state index contributed by atoms with van der Waals surface area (Å²) in [5.74, 6) is -0.217. The Balaban J connectivity index is 2.19. The number of aryl methyl sites for hydroxylation is 3. The Morgan fingerprint density at radius 2 is 1.59 bits per heavy atom. The minimum absolute atomic E-state index is 0.217. The number of hydrogen-bond acceptors (Lipinski definition) is 1. The highest BCUT2D eigenvalue weighted by Gasteiger charge is 2.07. The predicted octanol–water partition coefficient (Wildman–Crippen LogP) is 5.57. The third-order valence-corrected chi connectivity index (χ3v) is 3.99. The van der Waals surface area contributed by atoms with Crippen LogP contribution in [0, 0.1) is 20.8 Å². The van der Waals surface area contributed by atoms with E-state index in [1.165, 1.54) is 11.6 Å². The predicted molar refractivity (Wildman–Crippen MR) is 94.8 cm³/mol. The molecule has 0 bridgehead atoms. The van der Waals surface area contributed by atoms with Crippen LogP contribution in [0.25, 0.3) is 6.08 Å². The lowest BCUT2D eigenvalue weighted by Gasteiger charge is -2.11. The monoisotopic (exact) mass is 333 g/mol. The summed E-state index contributed by atoms with van der Waals surface area (Å²) < 4.78 is 0. The summed E-state index contributed by atoms with van der Waals surface area (Å²) in [6.07, 6.45) is 3.06. The molecule has 2 rings (SSSR count). The smallest absolute Gasteiger partial charge is 0.248 e. The van der Waals surface area contributed by atoms with Gasteiger partial charge in [-0.3, -0.25) is 4.79 Å². The zero-order chi connectivity index (χ0) is 16.3. The lowest BCUT2D eigenvalue weighted by molar-refractivity contribution is -0.111. The van der Waals surface area contributed by atoms with E-state index in [2.05, 4.69) is 5.32 Å². The molecular formula is C18H17Cl2NO. The molecule has 2 nitrogen and oxygen atoms in total. The van der Waals surface area contributed by atoms with Gasteiger partial charge in [-0.1, -0.05) is 47.0 Å². The van der Waals surface area contributed by atoms with E-state index in [0.29, 0.717) is 15.6 Å². The lowest BCUT2D eigenvalue weighted by atomic mass is 10.1. The number of anilines is 1. The second-order valence-corrected chi connectivity index (χ2v) is 6.05. The molecule has 0 aliphatic rings. The zero-order valence-corrected chi connectivity index (χ0v) is 14.2. The molecule has 2 aromatic rings. The summed E-state index contributed by atoms with van der Waals surface area (Å²) in [6.45, 7) is 5.99. The molecule has 0 spiro atoms. The fourth-order valence-electron chi connectivity index (χ4n) is 2.37. The van der Waals surface area contributed by atoms with Crippen LogP contribution < -0.4 is 5.32 Å². The Morgan fingerprint density at radius 3 is 2.14 bits per heavy atom. The van der Waals surface area contributed by atoms with Crippen molar-refractivity contribution in [1.29, 1.82) is 0 Å². The summed E-state index contributed by atoms with van der Waals surface area (Å²) in [6, 6.07) is 9.31. The topological polar surface area (TPSA) is 29.1 Å². The molecule has 0 saturated heterocycles. The van der Waals surface area contributed by atoms with Crippen molar-refractivity contribution in [2.75, 3.05) is 5.32 Å². The molecule has 0 aliphatic heterocycles. The van der Waals surface area contributed by atoms with Crippen LogP contribution in [0.3, 0.4) is 0 Å². The minimum Gasteiger partial charge on any atom is -0.322 e. The van der Waals surface area contributed by atoms with Crippen LogP contribution in [0.15, 0.2) is 36.4 Å². The third kappa shape index (κ3) is 3.90. The van der Waals surface area contributed by atoms with Crippen LogP contribution in [0.2, 0.25) is 10.0 Å². The summed E-state index contributed by atoms with van der Waals surface area (Å²) in [5.41, 5.74) is 4.72. The van der Waals surface area contributed by atoms with Crippen molar-refractivity contribution in [1.82, 2.24) is 0 Å². The first-order valence-electron chi connectivity index (χ1n) is 6.89. The van der Waals surface area contributed by atoms with Crippen molar-refractivity contribution >= 4 is 40.9 Å². The third-order valence-electron chi connectivity index (χ3n) is 3.33. The molecule has 0 aliphatic carbocycles.